The molecule has 1 aliphatic carbocycles. The predicted octanol–water partition coefficient (Wildman–Crippen LogP) is 3.27. The van der Waals surface area contributed by atoms with Gasteiger partial charge in [0.15, 0.2) is 0 Å². The lowest BCUT2D eigenvalue weighted by molar-refractivity contribution is 0.307. The molecule has 1 aromatic heterocycles. The zero-order chi connectivity index (χ0) is 12.8. The fourth-order valence-electron chi connectivity index (χ4n) is 2.83. The van der Waals surface area contributed by atoms with Crippen LogP contribution in [-0.2, 0) is 6.54 Å². The van der Waals surface area contributed by atoms with E-state index in [9.17, 15) is 0 Å². The van der Waals surface area contributed by atoms with Crippen molar-refractivity contribution in [1.82, 2.24) is 15.3 Å². The van der Waals surface area contributed by atoms with Gasteiger partial charge < -0.3 is 5.32 Å². The van der Waals surface area contributed by atoms with Gasteiger partial charge in [0, 0.05) is 30.4 Å². The summed E-state index contributed by atoms with van der Waals surface area (Å²) in [6.45, 7) is 6.27. The van der Waals surface area contributed by atoms with Crippen LogP contribution in [0.5, 0.6) is 0 Å². The van der Waals surface area contributed by atoms with Crippen LogP contribution in [0, 0.1) is 5.92 Å². The summed E-state index contributed by atoms with van der Waals surface area (Å²) in [5.41, 5.74) is 1.18. The number of nitrogens with one attached hydrogen (secondary N) is 1. The van der Waals surface area contributed by atoms with E-state index in [1.807, 2.05) is 12.4 Å². The number of rotatable bonds is 5. The Morgan fingerprint density at radius 1 is 1.22 bits per heavy atom. The lowest BCUT2D eigenvalue weighted by Gasteiger charge is -2.27. The number of hydrogen-bond donors (Lipinski definition) is 1. The molecule has 2 unspecified atom stereocenters. The molecule has 18 heavy (non-hydrogen) atoms. The summed E-state index contributed by atoms with van der Waals surface area (Å²) < 4.78 is 0. The van der Waals surface area contributed by atoms with Gasteiger partial charge in [-0.1, -0.05) is 33.1 Å². The van der Waals surface area contributed by atoms with Gasteiger partial charge in [-0.25, -0.2) is 9.97 Å². The molecule has 3 heteroatoms. The molecule has 100 valence electrons. The van der Waals surface area contributed by atoms with Crippen molar-refractivity contribution in [3.8, 4) is 0 Å². The molecule has 2 rings (SSSR count). The summed E-state index contributed by atoms with van der Waals surface area (Å²) in [6, 6.07) is 0. The first-order valence-corrected chi connectivity index (χ1v) is 7.35. The molecule has 0 amide bonds. The highest BCUT2D eigenvalue weighted by molar-refractivity contribution is 5.08. The van der Waals surface area contributed by atoms with Crippen LogP contribution in [0.25, 0.3) is 0 Å². The third-order valence-corrected chi connectivity index (χ3v) is 4.03. The summed E-state index contributed by atoms with van der Waals surface area (Å²) in [5, 5.41) is 3.30. The van der Waals surface area contributed by atoms with Gasteiger partial charge in [0.1, 0.15) is 5.82 Å². The van der Waals surface area contributed by atoms with Gasteiger partial charge in [0.05, 0.1) is 0 Å². The zero-order valence-electron chi connectivity index (χ0n) is 11.7. The Hall–Kier alpha value is -0.960. The van der Waals surface area contributed by atoms with Crippen molar-refractivity contribution >= 4 is 0 Å². The minimum atomic E-state index is 0.594. The Morgan fingerprint density at radius 3 is 2.67 bits per heavy atom. The fraction of sp³-hybridized carbons (Fsp3) is 0.733. The van der Waals surface area contributed by atoms with Crippen molar-refractivity contribution in [2.24, 2.45) is 5.92 Å². The van der Waals surface area contributed by atoms with Gasteiger partial charge in [0.25, 0.3) is 0 Å². The average Bonchev–Trinajstić information content (AvgIpc) is 2.46. The normalized spacial score (nSPS) is 24.1. The number of hydrogen-bond acceptors (Lipinski definition) is 3. The predicted molar refractivity (Wildman–Crippen MR) is 74.4 cm³/mol. The number of nitrogens with zero attached hydrogens (tertiary/aromatic N) is 2. The van der Waals surface area contributed by atoms with E-state index < -0.39 is 0 Å². The van der Waals surface area contributed by atoms with Crippen LogP contribution in [-0.4, -0.2) is 16.5 Å². The van der Waals surface area contributed by atoms with E-state index in [0.717, 1.165) is 24.8 Å². The summed E-state index contributed by atoms with van der Waals surface area (Å²) in [4.78, 5) is 9.15. The van der Waals surface area contributed by atoms with Crippen LogP contribution in [0.3, 0.4) is 0 Å². The highest BCUT2D eigenvalue weighted by Gasteiger charge is 2.23. The van der Waals surface area contributed by atoms with Crippen molar-refractivity contribution in [2.75, 3.05) is 6.54 Å². The molecule has 0 aromatic carbocycles. The maximum Gasteiger partial charge on any atom is 0.131 e. The number of aromatic nitrogens is 2. The standard InChI is InChI=1S/C15H25N3/c1-3-12-6-5-7-14(8-12)15-17-10-13(11-18-15)9-16-4-2/h10-12,14,16H,3-9H2,1-2H3. The second-order valence-electron chi connectivity index (χ2n) is 5.37. The first kappa shape index (κ1) is 13.5. The first-order chi connectivity index (χ1) is 8.83. The quantitative estimate of drug-likeness (QED) is 0.867. The summed E-state index contributed by atoms with van der Waals surface area (Å²) >= 11 is 0. The third kappa shape index (κ3) is 3.52. The smallest absolute Gasteiger partial charge is 0.131 e. The van der Waals surface area contributed by atoms with Crippen LogP contribution in [0.15, 0.2) is 12.4 Å². The highest BCUT2D eigenvalue weighted by atomic mass is 14.9. The second-order valence-corrected chi connectivity index (χ2v) is 5.37. The lowest BCUT2D eigenvalue weighted by atomic mass is 9.80. The molecule has 2 atom stereocenters. The molecule has 0 aliphatic heterocycles. The molecule has 1 saturated carbocycles. The van der Waals surface area contributed by atoms with E-state index in [1.54, 1.807) is 0 Å². The summed E-state index contributed by atoms with van der Waals surface area (Å²) in [7, 11) is 0. The highest BCUT2D eigenvalue weighted by Crippen LogP contribution is 2.35. The van der Waals surface area contributed by atoms with E-state index in [2.05, 4.69) is 29.1 Å². The Kier molecular flexibility index (Phi) is 5.12. The van der Waals surface area contributed by atoms with Crippen molar-refractivity contribution in [3.63, 3.8) is 0 Å². The monoisotopic (exact) mass is 247 g/mol. The lowest BCUT2D eigenvalue weighted by Crippen LogP contribution is -2.17. The first-order valence-electron chi connectivity index (χ1n) is 7.35. The van der Waals surface area contributed by atoms with E-state index in [0.29, 0.717) is 5.92 Å². The Labute approximate surface area is 110 Å². The van der Waals surface area contributed by atoms with Crippen LogP contribution in [0.4, 0.5) is 0 Å². The average molecular weight is 247 g/mol. The maximum atomic E-state index is 4.57. The van der Waals surface area contributed by atoms with Gasteiger partial charge in [-0.2, -0.15) is 0 Å². The molecular formula is C15H25N3. The summed E-state index contributed by atoms with van der Waals surface area (Å²) in [5.74, 6) is 2.54. The molecule has 0 radical (unpaired) electrons. The van der Waals surface area contributed by atoms with E-state index in [-0.39, 0.29) is 0 Å². The molecule has 0 saturated heterocycles. The topological polar surface area (TPSA) is 37.8 Å². The molecule has 0 bridgehead atoms. The van der Waals surface area contributed by atoms with Crippen LogP contribution in [0.2, 0.25) is 0 Å². The summed E-state index contributed by atoms with van der Waals surface area (Å²) in [6.07, 6.45) is 10.6. The molecule has 1 heterocycles. The second kappa shape index (κ2) is 6.83. The third-order valence-electron chi connectivity index (χ3n) is 4.03. The molecule has 1 aliphatic rings. The Morgan fingerprint density at radius 2 is 2.00 bits per heavy atom. The SMILES string of the molecule is CCNCc1cnc(C2CCCC(CC)C2)nc1. The van der Waals surface area contributed by atoms with Crippen LogP contribution >= 0.6 is 0 Å². The van der Waals surface area contributed by atoms with E-state index in [4.69, 9.17) is 0 Å². The van der Waals surface area contributed by atoms with E-state index >= 15 is 0 Å². The molecule has 1 N–H and O–H groups in total. The van der Waals surface area contributed by atoms with Crippen LogP contribution in [0.1, 0.15) is 63.3 Å². The molecular weight excluding hydrogens is 222 g/mol. The minimum absolute atomic E-state index is 0.594. The largest absolute Gasteiger partial charge is 0.313 e. The Bertz CT molecular complexity index is 347. The van der Waals surface area contributed by atoms with Crippen molar-refractivity contribution in [3.05, 3.63) is 23.8 Å². The zero-order valence-corrected chi connectivity index (χ0v) is 11.7. The molecule has 1 fully saturated rings. The molecule has 0 spiro atoms. The van der Waals surface area contributed by atoms with Crippen molar-refractivity contribution in [1.29, 1.82) is 0 Å². The molecule has 3 nitrogen and oxygen atoms in total. The van der Waals surface area contributed by atoms with Gasteiger partial charge in [-0.3, -0.25) is 0 Å². The van der Waals surface area contributed by atoms with Gasteiger partial charge in [-0.05, 0) is 25.3 Å². The molecule has 1 aromatic rings. The minimum Gasteiger partial charge on any atom is -0.313 e. The Balaban J connectivity index is 1.96. The van der Waals surface area contributed by atoms with Gasteiger partial charge >= 0.3 is 0 Å². The van der Waals surface area contributed by atoms with Gasteiger partial charge in [0.2, 0.25) is 0 Å². The van der Waals surface area contributed by atoms with E-state index in [1.165, 1.54) is 37.7 Å². The van der Waals surface area contributed by atoms with Crippen molar-refractivity contribution < 1.29 is 0 Å². The van der Waals surface area contributed by atoms with Gasteiger partial charge in [-0.15, -0.1) is 0 Å². The maximum absolute atomic E-state index is 4.57. The van der Waals surface area contributed by atoms with Crippen LogP contribution < -0.4 is 5.32 Å². The fourth-order valence-corrected chi connectivity index (χ4v) is 2.83. The van der Waals surface area contributed by atoms with Crippen molar-refractivity contribution in [2.45, 2.75) is 58.4 Å².